The molecule has 0 saturated carbocycles. The van der Waals surface area contributed by atoms with Crippen molar-refractivity contribution >= 4 is 23.3 Å². The number of anilines is 1. The second-order valence-corrected chi connectivity index (χ2v) is 8.62. The number of carboxylic acid groups (broad SMARTS) is 1. The molecule has 0 unspecified atom stereocenters. The van der Waals surface area contributed by atoms with Gasteiger partial charge in [0.1, 0.15) is 11.4 Å². The quantitative estimate of drug-likeness (QED) is 0.434. The molecule has 180 valence electrons. The molecule has 1 amide bonds. The van der Waals surface area contributed by atoms with Crippen LogP contribution in [-0.2, 0) is 14.4 Å². The standard InChI is InChI=1S/C25H29FN4O4/c26-20-10-8-19(9-11-20)22(28-34-17-23(31)32)7-4-14-29-15-12-25(13-16-29)24(33)27-18-30(25)21-5-2-1-3-6-21/h1-3,5-6,8-11H,4,7,12-18H2,(H,27,33)(H,31,32). The minimum atomic E-state index is -1.11. The van der Waals surface area contributed by atoms with E-state index in [4.69, 9.17) is 9.94 Å². The van der Waals surface area contributed by atoms with Gasteiger partial charge in [0.05, 0.1) is 12.4 Å². The van der Waals surface area contributed by atoms with Gasteiger partial charge in [0.2, 0.25) is 12.5 Å². The average molecular weight is 469 g/mol. The first-order chi connectivity index (χ1) is 16.5. The van der Waals surface area contributed by atoms with E-state index in [2.05, 4.69) is 20.3 Å². The number of para-hydroxylation sites is 1. The lowest BCUT2D eigenvalue weighted by Gasteiger charge is -2.43. The molecule has 2 heterocycles. The second kappa shape index (κ2) is 10.6. The summed E-state index contributed by atoms with van der Waals surface area (Å²) in [6.07, 6.45) is 2.82. The van der Waals surface area contributed by atoms with E-state index in [1.54, 1.807) is 12.1 Å². The number of carboxylic acids is 1. The van der Waals surface area contributed by atoms with E-state index in [0.29, 0.717) is 24.4 Å². The number of aliphatic carboxylic acids is 1. The van der Waals surface area contributed by atoms with Crippen LogP contribution < -0.4 is 10.2 Å². The first-order valence-electron chi connectivity index (χ1n) is 11.5. The van der Waals surface area contributed by atoms with E-state index in [9.17, 15) is 14.0 Å². The zero-order valence-corrected chi connectivity index (χ0v) is 19.0. The van der Waals surface area contributed by atoms with E-state index in [1.807, 2.05) is 30.3 Å². The molecule has 2 aliphatic heterocycles. The van der Waals surface area contributed by atoms with E-state index in [1.165, 1.54) is 12.1 Å². The summed E-state index contributed by atoms with van der Waals surface area (Å²) in [7, 11) is 0. The second-order valence-electron chi connectivity index (χ2n) is 8.62. The van der Waals surface area contributed by atoms with Crippen LogP contribution in [0.15, 0.2) is 59.8 Å². The Balaban J connectivity index is 1.34. The maximum Gasteiger partial charge on any atom is 0.344 e. The molecule has 0 bridgehead atoms. The molecule has 2 N–H and O–H groups in total. The average Bonchev–Trinajstić information content (AvgIpc) is 3.15. The lowest BCUT2D eigenvalue weighted by atomic mass is 9.85. The first kappa shape index (κ1) is 23.7. The molecule has 0 aromatic heterocycles. The maximum absolute atomic E-state index is 13.3. The van der Waals surface area contributed by atoms with Gasteiger partial charge in [-0.25, -0.2) is 9.18 Å². The zero-order chi connectivity index (χ0) is 24.0. The number of rotatable bonds is 9. The Kier molecular flexibility index (Phi) is 7.42. The highest BCUT2D eigenvalue weighted by Crippen LogP contribution is 2.36. The summed E-state index contributed by atoms with van der Waals surface area (Å²) in [6.45, 7) is 2.41. The van der Waals surface area contributed by atoms with Crippen molar-refractivity contribution in [3.05, 3.63) is 66.0 Å². The van der Waals surface area contributed by atoms with E-state index < -0.39 is 18.1 Å². The van der Waals surface area contributed by atoms with Crippen molar-refractivity contribution in [1.29, 1.82) is 0 Å². The number of likely N-dealkylation sites (tertiary alicyclic amines) is 1. The van der Waals surface area contributed by atoms with Crippen molar-refractivity contribution < 1.29 is 23.9 Å². The molecular weight excluding hydrogens is 439 g/mol. The van der Waals surface area contributed by atoms with E-state index >= 15 is 0 Å². The van der Waals surface area contributed by atoms with Crippen molar-refractivity contribution in [3.8, 4) is 0 Å². The summed E-state index contributed by atoms with van der Waals surface area (Å²) in [5, 5.41) is 15.8. The molecule has 1 spiro atoms. The number of nitrogens with zero attached hydrogens (tertiary/aromatic N) is 3. The van der Waals surface area contributed by atoms with Gasteiger partial charge >= 0.3 is 5.97 Å². The molecule has 2 fully saturated rings. The van der Waals surface area contributed by atoms with Crippen molar-refractivity contribution in [2.75, 3.05) is 37.8 Å². The minimum Gasteiger partial charge on any atom is -0.479 e. The number of nitrogens with one attached hydrogen (secondary N) is 1. The highest BCUT2D eigenvalue weighted by atomic mass is 19.1. The number of piperidine rings is 1. The number of hydrogen-bond acceptors (Lipinski definition) is 6. The Bertz CT molecular complexity index is 1020. The Morgan fingerprint density at radius 1 is 1.12 bits per heavy atom. The van der Waals surface area contributed by atoms with Crippen molar-refractivity contribution in [3.63, 3.8) is 0 Å². The van der Waals surface area contributed by atoms with Gasteiger partial charge in [-0.3, -0.25) is 4.79 Å². The number of hydrogen-bond donors (Lipinski definition) is 2. The Hall–Kier alpha value is -3.46. The lowest BCUT2D eigenvalue weighted by Crippen LogP contribution is -2.56. The Morgan fingerprint density at radius 2 is 1.82 bits per heavy atom. The van der Waals surface area contributed by atoms with Gasteiger partial charge in [0.15, 0.2) is 0 Å². The van der Waals surface area contributed by atoms with Crippen molar-refractivity contribution in [2.45, 2.75) is 31.2 Å². The smallest absolute Gasteiger partial charge is 0.344 e. The zero-order valence-electron chi connectivity index (χ0n) is 19.0. The predicted octanol–water partition coefficient (Wildman–Crippen LogP) is 2.84. The molecule has 2 aromatic carbocycles. The van der Waals surface area contributed by atoms with Crippen LogP contribution in [0.3, 0.4) is 0 Å². The van der Waals surface area contributed by atoms with Crippen molar-refractivity contribution in [1.82, 2.24) is 10.2 Å². The van der Waals surface area contributed by atoms with Crippen LogP contribution in [0.5, 0.6) is 0 Å². The minimum absolute atomic E-state index is 0.0947. The van der Waals surface area contributed by atoms with E-state index in [-0.39, 0.29) is 11.7 Å². The molecule has 8 nitrogen and oxygen atoms in total. The predicted molar refractivity (Wildman–Crippen MR) is 126 cm³/mol. The van der Waals surface area contributed by atoms with Gasteiger partial charge in [-0.1, -0.05) is 35.5 Å². The molecule has 0 atom stereocenters. The lowest BCUT2D eigenvalue weighted by molar-refractivity contribution is -0.142. The highest BCUT2D eigenvalue weighted by molar-refractivity contribution is 6.00. The van der Waals surface area contributed by atoms with Crippen LogP contribution in [0.2, 0.25) is 0 Å². The molecule has 0 radical (unpaired) electrons. The number of amides is 1. The molecule has 9 heteroatoms. The summed E-state index contributed by atoms with van der Waals surface area (Å²) >= 11 is 0. The summed E-state index contributed by atoms with van der Waals surface area (Å²) in [5.74, 6) is -1.36. The normalized spacial score (nSPS) is 18.2. The third kappa shape index (κ3) is 5.36. The monoisotopic (exact) mass is 468 g/mol. The van der Waals surface area contributed by atoms with Gasteiger partial charge < -0.3 is 25.1 Å². The van der Waals surface area contributed by atoms with Crippen LogP contribution in [0.25, 0.3) is 0 Å². The SMILES string of the molecule is O=C(O)CON=C(CCCN1CCC2(CC1)C(=O)NCN2c1ccccc1)c1ccc(F)cc1. The number of oxime groups is 1. The molecule has 0 aliphatic carbocycles. The van der Waals surface area contributed by atoms with E-state index in [0.717, 1.165) is 44.6 Å². The molecule has 4 rings (SSSR count). The summed E-state index contributed by atoms with van der Waals surface area (Å²) in [4.78, 5) is 33.0. The Morgan fingerprint density at radius 3 is 2.50 bits per heavy atom. The number of carbonyl (C=O) groups excluding carboxylic acids is 1. The summed E-state index contributed by atoms with van der Waals surface area (Å²) in [6, 6.07) is 15.9. The van der Waals surface area contributed by atoms with Crippen LogP contribution in [0.1, 0.15) is 31.2 Å². The fourth-order valence-electron chi connectivity index (χ4n) is 4.70. The first-order valence-corrected chi connectivity index (χ1v) is 11.5. The van der Waals surface area contributed by atoms with Crippen LogP contribution >= 0.6 is 0 Å². The van der Waals surface area contributed by atoms with Gasteiger partial charge in [-0.15, -0.1) is 0 Å². The largest absolute Gasteiger partial charge is 0.479 e. The van der Waals surface area contributed by atoms with Gasteiger partial charge in [-0.05, 0) is 62.1 Å². The molecule has 2 aliphatic rings. The van der Waals surface area contributed by atoms with Gasteiger partial charge in [0.25, 0.3) is 0 Å². The topological polar surface area (TPSA) is 94.5 Å². The highest BCUT2D eigenvalue weighted by Gasteiger charge is 2.50. The molecule has 2 aromatic rings. The Labute approximate surface area is 198 Å². The number of halogens is 1. The maximum atomic E-state index is 13.3. The molecular formula is C25H29FN4O4. The van der Waals surface area contributed by atoms with Gasteiger partial charge in [-0.2, -0.15) is 0 Å². The fourth-order valence-corrected chi connectivity index (χ4v) is 4.70. The summed E-state index contributed by atoms with van der Waals surface area (Å²) in [5.41, 5.74) is 1.82. The van der Waals surface area contributed by atoms with Crippen LogP contribution in [-0.4, -0.2) is 66.0 Å². The third-order valence-corrected chi connectivity index (χ3v) is 6.52. The van der Waals surface area contributed by atoms with Crippen molar-refractivity contribution in [2.24, 2.45) is 5.16 Å². The third-order valence-electron chi connectivity index (χ3n) is 6.52. The van der Waals surface area contributed by atoms with Gasteiger partial charge in [0, 0.05) is 18.8 Å². The van der Waals surface area contributed by atoms with Crippen LogP contribution in [0.4, 0.5) is 10.1 Å². The van der Waals surface area contributed by atoms with Crippen LogP contribution in [0, 0.1) is 5.82 Å². The molecule has 34 heavy (non-hydrogen) atoms. The molecule has 2 saturated heterocycles. The fraction of sp³-hybridized carbons (Fsp3) is 0.400. The summed E-state index contributed by atoms with van der Waals surface area (Å²) < 4.78 is 13.3. The number of carbonyl (C=O) groups is 2. The number of benzene rings is 2.